The van der Waals surface area contributed by atoms with E-state index in [4.69, 9.17) is 11.0 Å². The summed E-state index contributed by atoms with van der Waals surface area (Å²) in [6, 6.07) is 5.43. The number of amides is 2. The number of primary amides is 1. The average Bonchev–Trinajstić information content (AvgIpc) is 3.03. The SMILES string of the molecule is Cc1cc(C(=O)N2CCN(c3ccc(C#N)c(C(F)(F)F)c3)CC2C(N)=O)n(C)n1. The van der Waals surface area contributed by atoms with Crippen LogP contribution in [0.1, 0.15) is 27.3 Å². The van der Waals surface area contributed by atoms with Gasteiger partial charge in [0.2, 0.25) is 5.91 Å². The van der Waals surface area contributed by atoms with Gasteiger partial charge >= 0.3 is 6.18 Å². The van der Waals surface area contributed by atoms with E-state index in [0.717, 1.165) is 12.1 Å². The Balaban J connectivity index is 1.89. The van der Waals surface area contributed by atoms with Crippen LogP contribution in [0, 0.1) is 18.3 Å². The van der Waals surface area contributed by atoms with Crippen LogP contribution in [0.15, 0.2) is 24.3 Å². The van der Waals surface area contributed by atoms with E-state index >= 15 is 0 Å². The van der Waals surface area contributed by atoms with Gasteiger partial charge in [0, 0.05) is 32.4 Å². The molecule has 30 heavy (non-hydrogen) atoms. The Labute approximate surface area is 170 Å². The Kier molecular flexibility index (Phi) is 5.43. The van der Waals surface area contributed by atoms with E-state index in [1.807, 2.05) is 0 Å². The van der Waals surface area contributed by atoms with Gasteiger partial charge in [-0.15, -0.1) is 0 Å². The molecule has 1 saturated heterocycles. The van der Waals surface area contributed by atoms with Crippen molar-refractivity contribution in [2.24, 2.45) is 12.8 Å². The first-order valence-electron chi connectivity index (χ1n) is 9.00. The molecule has 3 rings (SSSR count). The Bertz CT molecular complexity index is 1040. The standard InChI is InChI=1S/C19H19F3N6O2/c1-11-7-15(26(2)25-11)18(30)28-6-5-27(10-16(28)17(24)29)13-4-3-12(9-23)14(8-13)19(20,21)22/h3-4,7-8,16H,5-6,10H2,1-2H3,(H2,24,29). The average molecular weight is 420 g/mol. The van der Waals surface area contributed by atoms with Crippen molar-refractivity contribution in [3.8, 4) is 6.07 Å². The molecule has 1 aliphatic heterocycles. The highest BCUT2D eigenvalue weighted by Crippen LogP contribution is 2.35. The number of benzene rings is 1. The fraction of sp³-hybridized carbons (Fsp3) is 0.368. The van der Waals surface area contributed by atoms with Crippen LogP contribution in [0.25, 0.3) is 0 Å². The lowest BCUT2D eigenvalue weighted by atomic mass is 10.0. The molecule has 1 aliphatic rings. The molecule has 0 radical (unpaired) electrons. The van der Waals surface area contributed by atoms with Crippen molar-refractivity contribution in [1.82, 2.24) is 14.7 Å². The predicted octanol–water partition coefficient (Wildman–Crippen LogP) is 1.44. The van der Waals surface area contributed by atoms with Crippen LogP contribution in [-0.4, -0.2) is 52.2 Å². The third-order valence-corrected chi connectivity index (χ3v) is 4.98. The van der Waals surface area contributed by atoms with Gasteiger partial charge in [-0.1, -0.05) is 0 Å². The molecule has 158 valence electrons. The molecule has 2 amide bonds. The van der Waals surface area contributed by atoms with E-state index in [1.165, 1.54) is 21.7 Å². The Morgan fingerprint density at radius 3 is 2.50 bits per heavy atom. The number of nitriles is 1. The van der Waals surface area contributed by atoms with Gasteiger partial charge < -0.3 is 15.5 Å². The fourth-order valence-corrected chi connectivity index (χ4v) is 3.52. The number of rotatable bonds is 3. The largest absolute Gasteiger partial charge is 0.417 e. The third kappa shape index (κ3) is 3.94. The first kappa shape index (κ1) is 21.2. The van der Waals surface area contributed by atoms with Gasteiger partial charge in [0.1, 0.15) is 11.7 Å². The first-order chi connectivity index (χ1) is 14.0. The maximum absolute atomic E-state index is 13.3. The molecule has 1 unspecified atom stereocenters. The summed E-state index contributed by atoms with van der Waals surface area (Å²) < 4.78 is 41.2. The Hall–Kier alpha value is -3.55. The molecular weight excluding hydrogens is 401 g/mol. The summed E-state index contributed by atoms with van der Waals surface area (Å²) in [6.45, 7) is 1.93. The lowest BCUT2D eigenvalue weighted by Crippen LogP contribution is -2.60. The van der Waals surface area contributed by atoms with E-state index < -0.39 is 35.2 Å². The lowest BCUT2D eigenvalue weighted by Gasteiger charge is -2.41. The summed E-state index contributed by atoms with van der Waals surface area (Å²) in [5, 5.41) is 13.1. The van der Waals surface area contributed by atoms with E-state index in [2.05, 4.69) is 5.10 Å². The summed E-state index contributed by atoms with van der Waals surface area (Å²) in [4.78, 5) is 27.8. The Morgan fingerprint density at radius 1 is 1.27 bits per heavy atom. The van der Waals surface area contributed by atoms with Gasteiger partial charge in [-0.05, 0) is 31.2 Å². The van der Waals surface area contributed by atoms with Crippen molar-refractivity contribution >= 4 is 17.5 Å². The predicted molar refractivity (Wildman–Crippen MR) is 100 cm³/mol. The second kappa shape index (κ2) is 7.70. The normalized spacial score (nSPS) is 17.0. The second-order valence-corrected chi connectivity index (χ2v) is 7.00. The number of aromatic nitrogens is 2. The van der Waals surface area contributed by atoms with Gasteiger partial charge in [0.15, 0.2) is 0 Å². The monoisotopic (exact) mass is 420 g/mol. The highest BCUT2D eigenvalue weighted by atomic mass is 19.4. The number of nitrogens with two attached hydrogens (primary N) is 1. The zero-order valence-corrected chi connectivity index (χ0v) is 16.3. The number of aryl methyl sites for hydroxylation is 2. The smallest absolute Gasteiger partial charge is 0.368 e. The Morgan fingerprint density at radius 2 is 1.97 bits per heavy atom. The van der Waals surface area contributed by atoms with Crippen molar-refractivity contribution in [1.29, 1.82) is 5.26 Å². The second-order valence-electron chi connectivity index (χ2n) is 7.00. The van der Waals surface area contributed by atoms with E-state index in [1.54, 1.807) is 24.9 Å². The van der Waals surface area contributed by atoms with Crippen molar-refractivity contribution in [3.05, 3.63) is 46.8 Å². The minimum Gasteiger partial charge on any atom is -0.368 e. The summed E-state index contributed by atoms with van der Waals surface area (Å²) in [5.41, 5.74) is 5.06. The molecule has 0 bridgehead atoms. The number of anilines is 1. The molecule has 0 saturated carbocycles. The van der Waals surface area contributed by atoms with Gasteiger partial charge in [0.25, 0.3) is 5.91 Å². The van der Waals surface area contributed by atoms with Crippen molar-refractivity contribution in [2.45, 2.75) is 19.1 Å². The minimum absolute atomic E-state index is 0.0683. The van der Waals surface area contributed by atoms with Crippen molar-refractivity contribution in [2.75, 3.05) is 24.5 Å². The molecular formula is C19H19F3N6O2. The molecule has 0 aliphatic carbocycles. The van der Waals surface area contributed by atoms with Crippen molar-refractivity contribution in [3.63, 3.8) is 0 Å². The third-order valence-electron chi connectivity index (χ3n) is 4.98. The van der Waals surface area contributed by atoms with Crippen LogP contribution in [0.3, 0.4) is 0 Å². The summed E-state index contributed by atoms with van der Waals surface area (Å²) in [7, 11) is 1.60. The van der Waals surface area contributed by atoms with E-state index in [-0.39, 0.29) is 31.0 Å². The molecule has 1 atom stereocenters. The summed E-state index contributed by atoms with van der Waals surface area (Å²) in [5.74, 6) is -1.20. The summed E-state index contributed by atoms with van der Waals surface area (Å²) in [6.07, 6.45) is -4.70. The molecule has 0 spiro atoms. The molecule has 11 heteroatoms. The highest BCUT2D eigenvalue weighted by molar-refractivity contribution is 5.96. The van der Waals surface area contributed by atoms with Crippen LogP contribution in [-0.2, 0) is 18.0 Å². The van der Waals surface area contributed by atoms with Crippen LogP contribution < -0.4 is 10.6 Å². The van der Waals surface area contributed by atoms with Gasteiger partial charge in [-0.2, -0.15) is 23.5 Å². The topological polar surface area (TPSA) is 108 Å². The van der Waals surface area contributed by atoms with Crippen LogP contribution >= 0.6 is 0 Å². The van der Waals surface area contributed by atoms with E-state index in [0.29, 0.717) is 5.69 Å². The maximum Gasteiger partial charge on any atom is 0.417 e. The van der Waals surface area contributed by atoms with Crippen LogP contribution in [0.4, 0.5) is 18.9 Å². The van der Waals surface area contributed by atoms with Gasteiger partial charge in [-0.3, -0.25) is 14.3 Å². The molecule has 8 nitrogen and oxygen atoms in total. The first-order valence-corrected chi connectivity index (χ1v) is 9.00. The zero-order chi connectivity index (χ0) is 22.2. The molecule has 1 aromatic heterocycles. The number of carbonyl (C=O) groups excluding carboxylic acids is 2. The highest BCUT2D eigenvalue weighted by Gasteiger charge is 2.38. The van der Waals surface area contributed by atoms with Crippen LogP contribution in [0.5, 0.6) is 0 Å². The molecule has 1 aromatic carbocycles. The quantitative estimate of drug-likeness (QED) is 0.808. The lowest BCUT2D eigenvalue weighted by molar-refractivity contribution is -0.137. The summed E-state index contributed by atoms with van der Waals surface area (Å²) >= 11 is 0. The minimum atomic E-state index is -4.70. The number of nitrogens with zero attached hydrogens (tertiary/aromatic N) is 5. The maximum atomic E-state index is 13.3. The van der Waals surface area contributed by atoms with Crippen LogP contribution in [0.2, 0.25) is 0 Å². The number of hydrogen-bond donors (Lipinski definition) is 1. The molecule has 2 heterocycles. The molecule has 2 N–H and O–H groups in total. The fourth-order valence-electron chi connectivity index (χ4n) is 3.52. The zero-order valence-electron chi connectivity index (χ0n) is 16.3. The number of hydrogen-bond acceptors (Lipinski definition) is 5. The number of piperazine rings is 1. The van der Waals surface area contributed by atoms with E-state index in [9.17, 15) is 22.8 Å². The number of halogens is 3. The van der Waals surface area contributed by atoms with Crippen molar-refractivity contribution < 1.29 is 22.8 Å². The number of alkyl halides is 3. The molecule has 1 fully saturated rings. The molecule has 2 aromatic rings. The van der Waals surface area contributed by atoms with Gasteiger partial charge in [0.05, 0.1) is 22.9 Å². The van der Waals surface area contributed by atoms with Gasteiger partial charge in [-0.25, -0.2) is 0 Å². The number of carbonyl (C=O) groups is 2.